The van der Waals surface area contributed by atoms with Crippen LogP contribution in [-0.4, -0.2) is 25.5 Å². The zero-order valence-electron chi connectivity index (χ0n) is 8.61. The summed E-state index contributed by atoms with van der Waals surface area (Å²) in [4.78, 5) is 10.6. The van der Waals surface area contributed by atoms with Gasteiger partial charge in [0, 0.05) is 5.56 Å². The second kappa shape index (κ2) is 4.94. The third kappa shape index (κ3) is 2.80. The van der Waals surface area contributed by atoms with Crippen LogP contribution in [0.3, 0.4) is 0 Å². The molecule has 1 aromatic rings. The summed E-state index contributed by atoms with van der Waals surface area (Å²) in [6.07, 6.45) is 3.19. The number of carbonyl (C=O) groups is 1. The Balaban J connectivity index is 1.99. The van der Waals surface area contributed by atoms with E-state index in [0.29, 0.717) is 5.56 Å². The maximum Gasteiger partial charge on any atom is 0.150 e. The van der Waals surface area contributed by atoms with Crippen molar-refractivity contribution in [1.29, 1.82) is 0 Å². The van der Waals surface area contributed by atoms with E-state index in [1.165, 1.54) is 0 Å². The van der Waals surface area contributed by atoms with Crippen molar-refractivity contribution in [3.05, 3.63) is 29.8 Å². The summed E-state index contributed by atoms with van der Waals surface area (Å²) >= 11 is 0. The van der Waals surface area contributed by atoms with Crippen LogP contribution in [0.5, 0.6) is 5.75 Å². The van der Waals surface area contributed by atoms with E-state index in [4.69, 9.17) is 4.74 Å². The van der Waals surface area contributed by atoms with E-state index >= 15 is 0 Å². The predicted octanol–water partition coefficient (Wildman–Crippen LogP) is 1.63. The van der Waals surface area contributed by atoms with Crippen molar-refractivity contribution >= 4 is 6.29 Å². The molecule has 2 rings (SSSR count). The van der Waals surface area contributed by atoms with E-state index in [-0.39, 0.29) is 6.10 Å². The van der Waals surface area contributed by atoms with Gasteiger partial charge >= 0.3 is 0 Å². The fourth-order valence-electron chi connectivity index (χ4n) is 1.77. The van der Waals surface area contributed by atoms with Crippen molar-refractivity contribution in [1.82, 2.24) is 5.32 Å². The molecule has 1 N–H and O–H groups in total. The first-order chi connectivity index (χ1) is 7.38. The minimum Gasteiger partial charge on any atom is -0.490 e. The Hall–Kier alpha value is -1.35. The van der Waals surface area contributed by atoms with E-state index < -0.39 is 0 Å². The Morgan fingerprint density at radius 1 is 1.33 bits per heavy atom. The van der Waals surface area contributed by atoms with Crippen LogP contribution in [0.1, 0.15) is 23.2 Å². The molecule has 1 aliphatic rings. The fraction of sp³-hybridized carbons (Fsp3) is 0.417. The summed E-state index contributed by atoms with van der Waals surface area (Å²) in [6, 6.07) is 7.31. The smallest absolute Gasteiger partial charge is 0.150 e. The van der Waals surface area contributed by atoms with Crippen molar-refractivity contribution in [2.45, 2.75) is 18.9 Å². The molecule has 1 aromatic carbocycles. The second-order valence-electron chi connectivity index (χ2n) is 3.76. The molecule has 0 spiro atoms. The van der Waals surface area contributed by atoms with E-state index in [1.807, 2.05) is 12.1 Å². The summed E-state index contributed by atoms with van der Waals surface area (Å²) in [5.41, 5.74) is 0.668. The van der Waals surface area contributed by atoms with Gasteiger partial charge in [-0.2, -0.15) is 0 Å². The summed E-state index contributed by atoms with van der Waals surface area (Å²) in [5.74, 6) is 0.798. The van der Waals surface area contributed by atoms with Crippen molar-refractivity contribution in [2.75, 3.05) is 13.1 Å². The maximum atomic E-state index is 10.6. The summed E-state index contributed by atoms with van der Waals surface area (Å²) in [7, 11) is 0. The molecule has 0 radical (unpaired) electrons. The minimum atomic E-state index is 0.285. The third-order valence-electron chi connectivity index (χ3n) is 2.58. The van der Waals surface area contributed by atoms with E-state index in [9.17, 15) is 4.79 Å². The standard InChI is InChI=1S/C12H15NO2/c14-9-10-2-1-3-12(8-10)15-11-4-6-13-7-5-11/h1-3,8-9,11,13H,4-7H2. The van der Waals surface area contributed by atoms with Crippen LogP contribution in [0.4, 0.5) is 0 Å². The van der Waals surface area contributed by atoms with Gasteiger partial charge in [-0.05, 0) is 38.1 Å². The zero-order valence-corrected chi connectivity index (χ0v) is 8.61. The van der Waals surface area contributed by atoms with Gasteiger partial charge in [-0.25, -0.2) is 0 Å². The lowest BCUT2D eigenvalue weighted by Gasteiger charge is -2.23. The molecule has 1 aliphatic heterocycles. The van der Waals surface area contributed by atoms with Crippen LogP contribution < -0.4 is 10.1 Å². The average Bonchev–Trinajstić information content (AvgIpc) is 2.31. The molecule has 1 saturated heterocycles. The van der Waals surface area contributed by atoms with Gasteiger partial charge < -0.3 is 10.1 Å². The van der Waals surface area contributed by atoms with Gasteiger partial charge in [-0.15, -0.1) is 0 Å². The molecule has 3 heteroatoms. The van der Waals surface area contributed by atoms with Crippen LogP contribution in [0.15, 0.2) is 24.3 Å². The van der Waals surface area contributed by atoms with Crippen LogP contribution in [0.2, 0.25) is 0 Å². The Bertz CT molecular complexity index is 332. The number of carbonyl (C=O) groups excluding carboxylic acids is 1. The molecule has 0 amide bonds. The largest absolute Gasteiger partial charge is 0.490 e. The highest BCUT2D eigenvalue weighted by atomic mass is 16.5. The highest BCUT2D eigenvalue weighted by Gasteiger charge is 2.14. The van der Waals surface area contributed by atoms with Gasteiger partial charge in [-0.3, -0.25) is 4.79 Å². The monoisotopic (exact) mass is 205 g/mol. The van der Waals surface area contributed by atoms with Gasteiger partial charge in [0.1, 0.15) is 18.1 Å². The number of hydrogen-bond donors (Lipinski definition) is 1. The quantitative estimate of drug-likeness (QED) is 0.762. The number of hydrogen-bond acceptors (Lipinski definition) is 3. The number of aldehydes is 1. The van der Waals surface area contributed by atoms with Crippen LogP contribution in [-0.2, 0) is 0 Å². The lowest BCUT2D eigenvalue weighted by molar-refractivity contribution is 0.112. The number of rotatable bonds is 3. The Morgan fingerprint density at radius 3 is 2.87 bits per heavy atom. The topological polar surface area (TPSA) is 38.3 Å². The second-order valence-corrected chi connectivity index (χ2v) is 3.76. The van der Waals surface area contributed by atoms with Gasteiger partial charge in [-0.1, -0.05) is 12.1 Å². The van der Waals surface area contributed by atoms with Crippen molar-refractivity contribution in [3.63, 3.8) is 0 Å². The van der Waals surface area contributed by atoms with Crippen LogP contribution in [0, 0.1) is 0 Å². The Kier molecular flexibility index (Phi) is 3.35. The van der Waals surface area contributed by atoms with Gasteiger partial charge in [0.15, 0.2) is 0 Å². The molecule has 80 valence electrons. The van der Waals surface area contributed by atoms with E-state index in [1.54, 1.807) is 12.1 Å². The summed E-state index contributed by atoms with van der Waals surface area (Å²) in [6.45, 7) is 2.02. The molecule has 0 unspecified atom stereocenters. The highest BCUT2D eigenvalue weighted by molar-refractivity contribution is 5.75. The number of piperidine rings is 1. The number of nitrogens with one attached hydrogen (secondary N) is 1. The zero-order chi connectivity index (χ0) is 10.5. The lowest BCUT2D eigenvalue weighted by Crippen LogP contribution is -2.34. The van der Waals surface area contributed by atoms with Gasteiger partial charge in [0.05, 0.1) is 0 Å². The highest BCUT2D eigenvalue weighted by Crippen LogP contribution is 2.17. The predicted molar refractivity (Wildman–Crippen MR) is 58.3 cm³/mol. The van der Waals surface area contributed by atoms with Gasteiger partial charge in [0.25, 0.3) is 0 Å². The van der Waals surface area contributed by atoms with Crippen LogP contribution >= 0.6 is 0 Å². The molecular formula is C12H15NO2. The first-order valence-corrected chi connectivity index (χ1v) is 5.31. The van der Waals surface area contributed by atoms with Crippen molar-refractivity contribution in [3.8, 4) is 5.75 Å². The average molecular weight is 205 g/mol. The first-order valence-electron chi connectivity index (χ1n) is 5.31. The Morgan fingerprint density at radius 2 is 2.13 bits per heavy atom. The number of ether oxygens (including phenoxy) is 1. The molecule has 1 fully saturated rings. The van der Waals surface area contributed by atoms with Crippen LogP contribution in [0.25, 0.3) is 0 Å². The summed E-state index contributed by atoms with van der Waals surface area (Å²) < 4.78 is 5.80. The minimum absolute atomic E-state index is 0.285. The number of benzene rings is 1. The van der Waals surface area contributed by atoms with Crippen molar-refractivity contribution < 1.29 is 9.53 Å². The molecule has 15 heavy (non-hydrogen) atoms. The summed E-state index contributed by atoms with van der Waals surface area (Å²) in [5, 5.41) is 3.29. The van der Waals surface area contributed by atoms with E-state index in [0.717, 1.165) is 38.0 Å². The molecule has 1 heterocycles. The lowest BCUT2D eigenvalue weighted by atomic mass is 10.1. The molecular weight excluding hydrogens is 190 g/mol. The van der Waals surface area contributed by atoms with E-state index in [2.05, 4.69) is 5.32 Å². The van der Waals surface area contributed by atoms with Crippen molar-refractivity contribution in [2.24, 2.45) is 0 Å². The molecule has 0 aliphatic carbocycles. The molecule has 0 atom stereocenters. The molecule has 0 bridgehead atoms. The third-order valence-corrected chi connectivity index (χ3v) is 2.58. The first kappa shape index (κ1) is 10.2. The molecule has 3 nitrogen and oxygen atoms in total. The Labute approximate surface area is 89.4 Å². The molecule has 0 saturated carbocycles. The molecule has 0 aromatic heterocycles. The van der Waals surface area contributed by atoms with Gasteiger partial charge in [0.2, 0.25) is 0 Å². The normalized spacial score (nSPS) is 17.3. The SMILES string of the molecule is O=Cc1cccc(OC2CCNCC2)c1. The fourth-order valence-corrected chi connectivity index (χ4v) is 1.77. The maximum absolute atomic E-state index is 10.6.